The van der Waals surface area contributed by atoms with Gasteiger partial charge in [-0.2, -0.15) is 4.31 Å². The first-order valence-electron chi connectivity index (χ1n) is 5.68. The van der Waals surface area contributed by atoms with Crippen molar-refractivity contribution in [2.24, 2.45) is 5.73 Å². The van der Waals surface area contributed by atoms with Gasteiger partial charge < -0.3 is 10.6 Å². The lowest BCUT2D eigenvalue weighted by Gasteiger charge is -2.33. The van der Waals surface area contributed by atoms with Gasteiger partial charge in [-0.3, -0.25) is 4.79 Å². The number of nitrogens with two attached hydrogens (primary N) is 1. The van der Waals surface area contributed by atoms with Crippen molar-refractivity contribution >= 4 is 51.3 Å². The van der Waals surface area contributed by atoms with E-state index in [0.717, 1.165) is 11.3 Å². The molecular weight excluding hydrogens is 345 g/mol. The fraction of sp³-hybridized carbons (Fsp3) is 0.500. The monoisotopic (exact) mass is 359 g/mol. The molecule has 0 aromatic carbocycles. The van der Waals surface area contributed by atoms with Crippen LogP contribution >= 0.6 is 35.3 Å². The highest BCUT2D eigenvalue weighted by Crippen LogP contribution is 2.28. The highest BCUT2D eigenvalue weighted by Gasteiger charge is 2.30. The molecule has 0 saturated carbocycles. The third-order valence-corrected chi connectivity index (χ3v) is 6.51. The molecule has 10 heteroatoms. The van der Waals surface area contributed by atoms with Crippen LogP contribution < -0.4 is 5.73 Å². The lowest BCUT2D eigenvalue weighted by molar-refractivity contribution is -0.130. The minimum atomic E-state index is -3.50. The first-order valence-corrected chi connectivity index (χ1v) is 8.32. The zero-order valence-corrected chi connectivity index (χ0v) is 13.7. The first kappa shape index (κ1) is 17.7. The molecule has 1 amide bonds. The topological polar surface area (TPSA) is 83.7 Å². The molecule has 0 unspecified atom stereocenters. The second kappa shape index (κ2) is 7.06. The number of thiophene rings is 1. The van der Waals surface area contributed by atoms with Gasteiger partial charge in [-0.1, -0.05) is 11.6 Å². The Morgan fingerprint density at radius 1 is 1.30 bits per heavy atom. The van der Waals surface area contributed by atoms with E-state index in [4.69, 9.17) is 17.3 Å². The lowest BCUT2D eigenvalue weighted by atomic mass is 10.3. The maximum absolute atomic E-state index is 12.3. The highest BCUT2D eigenvalue weighted by molar-refractivity contribution is 7.91. The zero-order chi connectivity index (χ0) is 14.0. The molecule has 1 aliphatic heterocycles. The number of halogens is 2. The van der Waals surface area contributed by atoms with E-state index < -0.39 is 10.0 Å². The predicted octanol–water partition coefficient (Wildman–Crippen LogP) is 0.615. The van der Waals surface area contributed by atoms with Crippen LogP contribution in [0.15, 0.2) is 16.3 Å². The van der Waals surface area contributed by atoms with Gasteiger partial charge in [0.1, 0.15) is 4.21 Å². The van der Waals surface area contributed by atoms with Gasteiger partial charge in [0, 0.05) is 26.2 Å². The van der Waals surface area contributed by atoms with E-state index in [-0.39, 0.29) is 42.2 Å². The normalized spacial score (nSPS) is 16.8. The smallest absolute Gasteiger partial charge is 0.252 e. The molecule has 20 heavy (non-hydrogen) atoms. The summed E-state index contributed by atoms with van der Waals surface area (Å²) in [6.45, 7) is 1.25. The van der Waals surface area contributed by atoms with Gasteiger partial charge in [-0.05, 0) is 12.1 Å². The van der Waals surface area contributed by atoms with Crippen LogP contribution in [0.3, 0.4) is 0 Å². The van der Waals surface area contributed by atoms with E-state index in [1.807, 2.05) is 0 Å². The average molecular weight is 360 g/mol. The molecule has 2 N–H and O–H groups in total. The van der Waals surface area contributed by atoms with Crippen molar-refractivity contribution in [3.05, 3.63) is 16.5 Å². The van der Waals surface area contributed by atoms with Crippen molar-refractivity contribution in [3.63, 3.8) is 0 Å². The van der Waals surface area contributed by atoms with E-state index in [0.29, 0.717) is 17.4 Å². The van der Waals surface area contributed by atoms with Crippen LogP contribution in [0.1, 0.15) is 0 Å². The van der Waals surface area contributed by atoms with Crippen molar-refractivity contribution in [1.29, 1.82) is 0 Å². The lowest BCUT2D eigenvalue weighted by Crippen LogP contribution is -2.51. The largest absolute Gasteiger partial charge is 0.339 e. The number of rotatable bonds is 3. The Balaban J connectivity index is 0.00000200. The summed E-state index contributed by atoms with van der Waals surface area (Å²) in [5.74, 6) is -0.156. The van der Waals surface area contributed by atoms with Gasteiger partial charge in [0.05, 0.1) is 10.9 Å². The minimum Gasteiger partial charge on any atom is -0.339 e. The molecule has 0 spiro atoms. The Hall–Kier alpha value is -0.380. The molecule has 114 valence electrons. The number of carbonyl (C=O) groups excluding carboxylic acids is 1. The molecule has 0 aliphatic carbocycles. The molecule has 0 atom stereocenters. The summed E-state index contributed by atoms with van der Waals surface area (Å²) in [6, 6.07) is 3.06. The molecule has 1 aromatic heterocycles. The van der Waals surface area contributed by atoms with E-state index in [9.17, 15) is 13.2 Å². The summed E-state index contributed by atoms with van der Waals surface area (Å²) in [5.41, 5.74) is 5.28. The summed E-state index contributed by atoms with van der Waals surface area (Å²) in [6.07, 6.45) is 0. The minimum absolute atomic E-state index is 0. The van der Waals surface area contributed by atoms with Crippen LogP contribution in [-0.2, 0) is 14.8 Å². The molecule has 6 nitrogen and oxygen atoms in total. The zero-order valence-electron chi connectivity index (χ0n) is 10.5. The molecule has 2 rings (SSSR count). The summed E-state index contributed by atoms with van der Waals surface area (Å²) >= 11 is 6.79. The summed E-state index contributed by atoms with van der Waals surface area (Å²) in [4.78, 5) is 13.0. The Bertz CT molecular complexity index is 568. The van der Waals surface area contributed by atoms with Crippen LogP contribution in [-0.4, -0.2) is 56.3 Å². The quantitative estimate of drug-likeness (QED) is 0.856. The number of hydrogen-bond acceptors (Lipinski definition) is 5. The van der Waals surface area contributed by atoms with Crippen LogP contribution in [0.5, 0.6) is 0 Å². The predicted molar refractivity (Wildman–Crippen MR) is 81.0 cm³/mol. The average Bonchev–Trinajstić information content (AvgIpc) is 2.85. The number of piperazine rings is 1. The Labute approximate surface area is 132 Å². The molecule has 1 saturated heterocycles. The van der Waals surface area contributed by atoms with Gasteiger partial charge in [0.2, 0.25) is 5.91 Å². The SMILES string of the molecule is Cl.NCC(=O)N1CCN(S(=O)(=O)c2ccc(Cl)s2)CC1. The fourth-order valence-corrected chi connectivity index (χ4v) is 4.93. The summed E-state index contributed by atoms with van der Waals surface area (Å²) in [5, 5.41) is 0. The van der Waals surface area contributed by atoms with Gasteiger partial charge >= 0.3 is 0 Å². The van der Waals surface area contributed by atoms with Crippen molar-refractivity contribution < 1.29 is 13.2 Å². The van der Waals surface area contributed by atoms with Crippen LogP contribution in [0.4, 0.5) is 0 Å². The van der Waals surface area contributed by atoms with Crippen molar-refractivity contribution in [2.45, 2.75) is 4.21 Å². The van der Waals surface area contributed by atoms with Gasteiger partial charge in [0.25, 0.3) is 10.0 Å². The van der Waals surface area contributed by atoms with Crippen LogP contribution in [0.25, 0.3) is 0 Å². The van der Waals surface area contributed by atoms with E-state index >= 15 is 0 Å². The molecule has 1 aliphatic rings. The number of carbonyl (C=O) groups is 1. The highest BCUT2D eigenvalue weighted by atomic mass is 35.5. The van der Waals surface area contributed by atoms with E-state index in [2.05, 4.69) is 0 Å². The Morgan fingerprint density at radius 3 is 2.35 bits per heavy atom. The van der Waals surface area contributed by atoms with Crippen molar-refractivity contribution in [2.75, 3.05) is 32.7 Å². The van der Waals surface area contributed by atoms with E-state index in [1.165, 1.54) is 10.4 Å². The molecule has 1 aromatic rings. The van der Waals surface area contributed by atoms with Crippen LogP contribution in [0.2, 0.25) is 4.34 Å². The van der Waals surface area contributed by atoms with Gasteiger partial charge in [0.15, 0.2) is 0 Å². The molecule has 1 fully saturated rings. The molecule has 2 heterocycles. The standard InChI is InChI=1S/C10H14ClN3O3S2.ClH/c11-8-1-2-10(18-8)19(16,17)14-5-3-13(4-6-14)9(15)7-12;/h1-2H,3-7,12H2;1H. The second-order valence-corrected chi connectivity index (χ2v) is 7.93. The maximum Gasteiger partial charge on any atom is 0.252 e. The van der Waals surface area contributed by atoms with Gasteiger partial charge in [-0.15, -0.1) is 23.7 Å². The maximum atomic E-state index is 12.3. The summed E-state index contributed by atoms with van der Waals surface area (Å²) < 4.78 is 26.6. The number of sulfonamides is 1. The Kier molecular flexibility index (Phi) is 6.24. The van der Waals surface area contributed by atoms with E-state index in [1.54, 1.807) is 11.0 Å². The molecule has 0 radical (unpaired) electrons. The number of nitrogens with zero attached hydrogens (tertiary/aromatic N) is 2. The third kappa shape index (κ3) is 3.63. The van der Waals surface area contributed by atoms with Gasteiger partial charge in [-0.25, -0.2) is 8.42 Å². The fourth-order valence-electron chi connectivity index (χ4n) is 1.87. The summed E-state index contributed by atoms with van der Waals surface area (Å²) in [7, 11) is -3.50. The Morgan fingerprint density at radius 2 is 1.90 bits per heavy atom. The number of amides is 1. The first-order chi connectivity index (χ1) is 8.95. The number of hydrogen-bond donors (Lipinski definition) is 1. The van der Waals surface area contributed by atoms with Crippen LogP contribution in [0, 0.1) is 0 Å². The van der Waals surface area contributed by atoms with Crippen molar-refractivity contribution in [1.82, 2.24) is 9.21 Å². The van der Waals surface area contributed by atoms with Crippen molar-refractivity contribution in [3.8, 4) is 0 Å². The third-order valence-electron chi connectivity index (χ3n) is 2.91. The molecular formula is C10H15Cl2N3O3S2. The second-order valence-electron chi connectivity index (χ2n) is 4.05. The molecule has 0 bridgehead atoms.